The van der Waals surface area contributed by atoms with Crippen LogP contribution < -0.4 is 5.32 Å². The number of amides is 1. The van der Waals surface area contributed by atoms with Gasteiger partial charge in [0.2, 0.25) is 0 Å². The first-order chi connectivity index (χ1) is 14.3. The molecular formula is C20H18ClF3N4O2. The number of morpholine rings is 1. The van der Waals surface area contributed by atoms with Gasteiger partial charge in [-0.2, -0.15) is 13.2 Å². The Bertz CT molecular complexity index is 1110. The summed E-state index contributed by atoms with van der Waals surface area (Å²) in [4.78, 5) is 19.1. The fraction of sp³-hybridized carbons (Fsp3) is 0.300. The molecular weight excluding hydrogens is 421 g/mol. The normalized spacial score (nSPS) is 14.9. The summed E-state index contributed by atoms with van der Waals surface area (Å²) in [6, 6.07) is 5.21. The number of rotatable bonds is 3. The van der Waals surface area contributed by atoms with Gasteiger partial charge in [-0.15, -0.1) is 0 Å². The number of fused-ring (bicyclic) bond motifs is 1. The second kappa shape index (κ2) is 7.81. The molecule has 1 N–H and O–H groups in total. The molecule has 0 unspecified atom stereocenters. The summed E-state index contributed by atoms with van der Waals surface area (Å²) >= 11 is 5.81. The van der Waals surface area contributed by atoms with Crippen LogP contribution in [0.5, 0.6) is 0 Å². The lowest BCUT2D eigenvalue weighted by atomic mass is 10.1. The van der Waals surface area contributed by atoms with Crippen LogP contribution in [0, 0.1) is 0 Å². The minimum atomic E-state index is -4.53. The Balaban J connectivity index is 1.68. The van der Waals surface area contributed by atoms with E-state index >= 15 is 0 Å². The molecule has 4 rings (SSSR count). The largest absolute Gasteiger partial charge is 0.417 e. The maximum Gasteiger partial charge on any atom is 0.417 e. The van der Waals surface area contributed by atoms with Crippen molar-refractivity contribution in [2.75, 3.05) is 31.6 Å². The molecule has 1 fully saturated rings. The number of nitrogens with one attached hydrogen (secondary N) is 1. The Kier molecular flexibility index (Phi) is 5.33. The predicted octanol–water partition coefficient (Wildman–Crippen LogP) is 4.46. The number of ether oxygens (including phenoxy) is 1. The highest BCUT2D eigenvalue weighted by atomic mass is 35.5. The fourth-order valence-corrected chi connectivity index (χ4v) is 3.76. The summed E-state index contributed by atoms with van der Waals surface area (Å²) in [6.45, 7) is 2.00. The number of aromatic nitrogens is 2. The van der Waals surface area contributed by atoms with Crippen molar-refractivity contribution in [1.29, 1.82) is 0 Å². The van der Waals surface area contributed by atoms with E-state index < -0.39 is 16.8 Å². The molecule has 0 aliphatic carbocycles. The molecule has 0 bridgehead atoms. The molecule has 6 nitrogen and oxygen atoms in total. The van der Waals surface area contributed by atoms with Crippen molar-refractivity contribution in [3.05, 3.63) is 52.8 Å². The van der Waals surface area contributed by atoms with Gasteiger partial charge in [0.25, 0.3) is 5.91 Å². The van der Waals surface area contributed by atoms with E-state index in [0.29, 0.717) is 54.3 Å². The Labute approximate surface area is 175 Å². The van der Waals surface area contributed by atoms with Crippen LogP contribution in [-0.4, -0.2) is 46.7 Å². The van der Waals surface area contributed by atoms with E-state index in [9.17, 15) is 18.0 Å². The van der Waals surface area contributed by atoms with Crippen LogP contribution in [0.3, 0.4) is 0 Å². The maximum absolute atomic E-state index is 13.0. The molecule has 2 aromatic heterocycles. The lowest BCUT2D eigenvalue weighted by Crippen LogP contribution is -2.40. The van der Waals surface area contributed by atoms with Crippen molar-refractivity contribution < 1.29 is 22.7 Å². The van der Waals surface area contributed by atoms with Crippen LogP contribution in [0.2, 0.25) is 5.02 Å². The smallest absolute Gasteiger partial charge is 0.378 e. The number of pyridine rings is 1. The van der Waals surface area contributed by atoms with E-state index in [0.717, 1.165) is 6.07 Å². The van der Waals surface area contributed by atoms with Crippen LogP contribution in [0.1, 0.15) is 15.9 Å². The highest BCUT2D eigenvalue weighted by Crippen LogP contribution is 2.37. The third kappa shape index (κ3) is 3.82. The SMILES string of the molecule is Cn1ccc2c(Nc3ccc(C(F)(F)F)c(Cl)c3)ncc(C(=O)N3CCOCC3)c21. The van der Waals surface area contributed by atoms with Crippen molar-refractivity contribution in [1.82, 2.24) is 14.5 Å². The number of anilines is 2. The topological polar surface area (TPSA) is 59.4 Å². The third-order valence-electron chi connectivity index (χ3n) is 4.97. The van der Waals surface area contributed by atoms with E-state index in [2.05, 4.69) is 10.3 Å². The minimum Gasteiger partial charge on any atom is -0.378 e. The van der Waals surface area contributed by atoms with E-state index in [-0.39, 0.29) is 5.91 Å². The molecule has 3 heterocycles. The zero-order chi connectivity index (χ0) is 21.5. The molecule has 0 saturated carbocycles. The summed E-state index contributed by atoms with van der Waals surface area (Å²) in [6.07, 6.45) is -1.25. The van der Waals surface area contributed by atoms with Crippen molar-refractivity contribution in [2.45, 2.75) is 6.18 Å². The van der Waals surface area contributed by atoms with Gasteiger partial charge >= 0.3 is 6.18 Å². The molecule has 1 aliphatic rings. The Morgan fingerprint density at radius 3 is 2.63 bits per heavy atom. The number of alkyl halides is 3. The third-order valence-corrected chi connectivity index (χ3v) is 5.28. The minimum absolute atomic E-state index is 0.137. The van der Waals surface area contributed by atoms with Gasteiger partial charge in [0.1, 0.15) is 5.82 Å². The molecule has 1 aromatic carbocycles. The average molecular weight is 439 g/mol. The molecule has 1 amide bonds. The van der Waals surface area contributed by atoms with Gasteiger partial charge in [-0.1, -0.05) is 11.6 Å². The van der Waals surface area contributed by atoms with Crippen molar-refractivity contribution in [3.8, 4) is 0 Å². The second-order valence-corrected chi connectivity index (χ2v) is 7.34. The summed E-state index contributed by atoms with van der Waals surface area (Å²) in [7, 11) is 1.82. The zero-order valence-corrected chi connectivity index (χ0v) is 16.7. The number of halogens is 4. The molecule has 1 saturated heterocycles. The first-order valence-corrected chi connectivity index (χ1v) is 9.58. The summed E-state index contributed by atoms with van der Waals surface area (Å²) in [5.41, 5.74) is 0.592. The Morgan fingerprint density at radius 2 is 1.97 bits per heavy atom. The van der Waals surface area contributed by atoms with Crippen molar-refractivity contribution >= 4 is 39.9 Å². The van der Waals surface area contributed by atoms with Crippen LogP contribution >= 0.6 is 11.6 Å². The molecule has 0 radical (unpaired) electrons. The monoisotopic (exact) mass is 438 g/mol. The van der Waals surface area contributed by atoms with Gasteiger partial charge in [-0.3, -0.25) is 4.79 Å². The van der Waals surface area contributed by atoms with Crippen molar-refractivity contribution in [3.63, 3.8) is 0 Å². The summed E-state index contributed by atoms with van der Waals surface area (Å²) in [5.74, 6) is 0.279. The molecule has 0 spiro atoms. The van der Waals surface area contributed by atoms with Crippen LogP contribution in [0.25, 0.3) is 10.9 Å². The van der Waals surface area contributed by atoms with Crippen molar-refractivity contribution in [2.24, 2.45) is 7.05 Å². The number of hydrogen-bond acceptors (Lipinski definition) is 4. The molecule has 1 aliphatic heterocycles. The van der Waals surface area contributed by atoms with E-state index in [1.54, 1.807) is 17.2 Å². The van der Waals surface area contributed by atoms with Gasteiger partial charge < -0.3 is 19.5 Å². The highest BCUT2D eigenvalue weighted by molar-refractivity contribution is 6.31. The lowest BCUT2D eigenvalue weighted by Gasteiger charge is -2.27. The molecule has 10 heteroatoms. The standard InChI is InChI=1S/C20H18ClF3N4O2/c1-27-5-4-13-17(27)14(19(29)28-6-8-30-9-7-28)11-25-18(13)26-12-2-3-15(16(21)10-12)20(22,23)24/h2-5,10-11H,6-9H2,1H3,(H,25,26). The van der Waals surface area contributed by atoms with Crippen LogP contribution in [0.15, 0.2) is 36.7 Å². The lowest BCUT2D eigenvalue weighted by molar-refractivity contribution is -0.137. The molecule has 158 valence electrons. The van der Waals surface area contributed by atoms with Crippen LogP contribution in [0.4, 0.5) is 24.7 Å². The van der Waals surface area contributed by atoms with Gasteiger partial charge in [0.05, 0.1) is 34.9 Å². The zero-order valence-electron chi connectivity index (χ0n) is 16.0. The molecule has 0 atom stereocenters. The Morgan fingerprint density at radius 1 is 1.23 bits per heavy atom. The molecule has 30 heavy (non-hydrogen) atoms. The summed E-state index contributed by atoms with van der Waals surface area (Å²) in [5, 5.41) is 3.27. The van der Waals surface area contributed by atoms with Gasteiger partial charge in [0.15, 0.2) is 0 Å². The van der Waals surface area contributed by atoms with Gasteiger partial charge in [0, 0.05) is 43.6 Å². The summed E-state index contributed by atoms with van der Waals surface area (Å²) < 4.78 is 45.9. The van der Waals surface area contributed by atoms with E-state index in [4.69, 9.17) is 16.3 Å². The van der Waals surface area contributed by atoms with Gasteiger partial charge in [-0.25, -0.2) is 4.98 Å². The number of carbonyl (C=O) groups excluding carboxylic acids is 1. The van der Waals surface area contributed by atoms with Crippen LogP contribution in [-0.2, 0) is 18.0 Å². The van der Waals surface area contributed by atoms with Gasteiger partial charge in [-0.05, 0) is 24.3 Å². The maximum atomic E-state index is 13.0. The quantitative estimate of drug-likeness (QED) is 0.656. The second-order valence-electron chi connectivity index (χ2n) is 6.93. The van der Waals surface area contributed by atoms with E-state index in [1.165, 1.54) is 18.3 Å². The fourth-order valence-electron chi connectivity index (χ4n) is 3.47. The van der Waals surface area contributed by atoms with E-state index in [1.807, 2.05) is 11.6 Å². The Hall–Kier alpha value is -2.78. The predicted molar refractivity (Wildman–Crippen MR) is 107 cm³/mol. The number of benzene rings is 1. The first kappa shape index (κ1) is 20.5. The number of hydrogen-bond donors (Lipinski definition) is 1. The highest BCUT2D eigenvalue weighted by Gasteiger charge is 2.33. The number of nitrogens with zero attached hydrogens (tertiary/aromatic N) is 3. The first-order valence-electron chi connectivity index (χ1n) is 9.20. The molecule has 3 aromatic rings. The average Bonchev–Trinajstić information content (AvgIpc) is 3.10. The number of aryl methyl sites for hydroxylation is 1. The number of carbonyl (C=O) groups is 1.